The topological polar surface area (TPSA) is 101 Å². The van der Waals surface area contributed by atoms with Gasteiger partial charge in [0.2, 0.25) is 6.29 Å². The van der Waals surface area contributed by atoms with Gasteiger partial charge in [-0.3, -0.25) is 0 Å². The molecule has 1 N–H and O–H groups in total. The van der Waals surface area contributed by atoms with Crippen LogP contribution in [0.15, 0.2) is 11.6 Å². The van der Waals surface area contributed by atoms with Crippen molar-refractivity contribution in [3.8, 4) is 0 Å². The molecule has 0 spiro atoms. The summed E-state index contributed by atoms with van der Waals surface area (Å²) in [5.41, 5.74) is 0.100. The molecule has 0 amide bonds. The Morgan fingerprint density at radius 3 is 1.52 bits per heavy atom. The maximum Gasteiger partial charge on any atom is 0.508 e. The molecular formula is C19H42O8Si4. The summed E-state index contributed by atoms with van der Waals surface area (Å²) in [4.78, 5) is 23.2. The van der Waals surface area contributed by atoms with Crippen LogP contribution in [0, 0.1) is 0 Å². The lowest BCUT2D eigenvalue weighted by atomic mass is 10.2. The molecule has 2 atom stereocenters. The number of carbonyl (C=O) groups excluding carboxylic acids is 1. The molecule has 0 fully saturated rings. The number of carbonyl (C=O) groups is 2. The predicted octanol–water partition coefficient (Wildman–Crippen LogP) is 5.79. The highest BCUT2D eigenvalue weighted by Crippen LogP contribution is 2.38. The number of rotatable bonds is 12. The molecule has 0 heterocycles. The van der Waals surface area contributed by atoms with Crippen molar-refractivity contribution >= 4 is 45.9 Å². The summed E-state index contributed by atoms with van der Waals surface area (Å²) in [5.74, 6) is -0.649. The van der Waals surface area contributed by atoms with E-state index in [0.29, 0.717) is 12.0 Å². The molecule has 182 valence electrons. The van der Waals surface area contributed by atoms with E-state index in [1.54, 1.807) is 6.92 Å². The van der Waals surface area contributed by atoms with Crippen LogP contribution < -0.4 is 0 Å². The maximum absolute atomic E-state index is 12.5. The number of hydrogen-bond acceptors (Lipinski definition) is 7. The molecule has 0 aromatic carbocycles. The molecule has 0 aliphatic carbocycles. The van der Waals surface area contributed by atoms with Gasteiger partial charge < -0.3 is 26.9 Å². The Morgan fingerprint density at radius 1 is 0.839 bits per heavy atom. The largest absolute Gasteiger partial charge is 0.508 e. The van der Waals surface area contributed by atoms with Gasteiger partial charge in [0.25, 0.3) is 0 Å². The number of hydrogen-bond donors (Lipinski definition) is 1. The van der Waals surface area contributed by atoms with Crippen LogP contribution in [0.4, 0.5) is 4.79 Å². The molecule has 8 nitrogen and oxygen atoms in total. The fourth-order valence-electron chi connectivity index (χ4n) is 2.82. The first-order valence-corrected chi connectivity index (χ1v) is 22.6. The highest BCUT2D eigenvalue weighted by molar-refractivity contribution is 6.90. The first-order chi connectivity index (χ1) is 13.7. The number of esters is 1. The van der Waals surface area contributed by atoms with Gasteiger partial charge in [-0.25, -0.2) is 9.59 Å². The Morgan fingerprint density at radius 2 is 1.23 bits per heavy atom. The van der Waals surface area contributed by atoms with E-state index in [4.69, 9.17) is 22.2 Å². The van der Waals surface area contributed by atoms with Crippen LogP contribution in [0.25, 0.3) is 0 Å². The average Bonchev–Trinajstić information content (AvgIpc) is 2.45. The molecule has 31 heavy (non-hydrogen) atoms. The fraction of sp³-hybridized carbons (Fsp3) is 0.789. The second-order valence-electron chi connectivity index (χ2n) is 10.5. The minimum absolute atomic E-state index is 0.235. The van der Waals surface area contributed by atoms with Gasteiger partial charge >= 0.3 is 20.9 Å². The van der Waals surface area contributed by atoms with Gasteiger partial charge in [-0.05, 0) is 72.3 Å². The molecule has 0 aromatic rings. The summed E-state index contributed by atoms with van der Waals surface area (Å²) in [6.07, 6.45) is -0.236. The summed E-state index contributed by atoms with van der Waals surface area (Å²) in [7, 11) is -9.44. The van der Waals surface area contributed by atoms with Crippen LogP contribution in [0.1, 0.15) is 27.2 Å². The van der Waals surface area contributed by atoms with Gasteiger partial charge in [0.05, 0.1) is 0 Å². The molecule has 0 aromatic heterocycles. The average molecular weight is 511 g/mol. The molecule has 0 bridgehead atoms. The molecule has 0 rings (SSSR count). The van der Waals surface area contributed by atoms with Crippen molar-refractivity contribution < 1.29 is 36.5 Å². The summed E-state index contributed by atoms with van der Waals surface area (Å²) in [5, 5.41) is 8.69. The van der Waals surface area contributed by atoms with E-state index in [9.17, 15) is 9.59 Å². The maximum atomic E-state index is 12.5. The highest BCUT2D eigenvalue weighted by atomic mass is 28.5. The van der Waals surface area contributed by atoms with Crippen molar-refractivity contribution in [3.63, 3.8) is 0 Å². The first kappa shape index (κ1) is 30.2. The lowest BCUT2D eigenvalue weighted by molar-refractivity contribution is -0.162. The highest BCUT2D eigenvalue weighted by Gasteiger charge is 2.54. The smallest absolute Gasteiger partial charge is 0.450 e. The molecule has 0 saturated carbocycles. The number of ether oxygens (including phenoxy) is 2. The van der Waals surface area contributed by atoms with Gasteiger partial charge in [0.15, 0.2) is 25.0 Å². The lowest BCUT2D eigenvalue weighted by Gasteiger charge is -2.45. The summed E-state index contributed by atoms with van der Waals surface area (Å²) >= 11 is 0. The van der Waals surface area contributed by atoms with Crippen molar-refractivity contribution in [1.82, 2.24) is 0 Å². The van der Waals surface area contributed by atoms with E-state index in [1.165, 1.54) is 6.92 Å². The van der Waals surface area contributed by atoms with Crippen molar-refractivity contribution in [1.29, 1.82) is 0 Å². The lowest BCUT2D eigenvalue weighted by Crippen LogP contribution is -2.62. The van der Waals surface area contributed by atoms with Crippen molar-refractivity contribution in [2.24, 2.45) is 0 Å². The van der Waals surface area contributed by atoms with E-state index in [0.717, 1.165) is 0 Å². The fourth-order valence-corrected chi connectivity index (χ4v) is 17.5. The molecule has 0 saturated heterocycles. The molecule has 12 heteroatoms. The van der Waals surface area contributed by atoms with Gasteiger partial charge in [-0.2, -0.15) is 0 Å². The third-order valence-electron chi connectivity index (χ3n) is 3.55. The van der Waals surface area contributed by atoms with Crippen LogP contribution in [0.2, 0.25) is 64.5 Å². The van der Waals surface area contributed by atoms with Crippen LogP contribution in [-0.4, -0.2) is 57.3 Å². The van der Waals surface area contributed by atoms with Crippen LogP contribution in [0.3, 0.4) is 0 Å². The minimum Gasteiger partial charge on any atom is -0.450 e. The van der Waals surface area contributed by atoms with Crippen molar-refractivity contribution in [2.45, 2.75) is 97.9 Å². The minimum atomic E-state index is -3.23. The van der Waals surface area contributed by atoms with Crippen molar-refractivity contribution in [3.05, 3.63) is 11.6 Å². The normalized spacial score (nSPS) is 15.9. The second-order valence-corrected chi connectivity index (χ2v) is 27.5. The Balaban J connectivity index is 6.24. The quantitative estimate of drug-likeness (QED) is 0.152. The Bertz CT molecular complexity index is 606. The van der Waals surface area contributed by atoms with Crippen LogP contribution in [0.5, 0.6) is 0 Å². The summed E-state index contributed by atoms with van der Waals surface area (Å²) in [6, 6.07) is 0. The van der Waals surface area contributed by atoms with Crippen molar-refractivity contribution in [2.75, 3.05) is 0 Å². The van der Waals surface area contributed by atoms with Crippen LogP contribution >= 0.6 is 0 Å². The molecule has 0 aliphatic rings. The SMILES string of the molecule is CCC(C=C(C)C(=O)OC(C)OC(=O)O)[Si](O[Si](C)(C)C)(O[Si](C)(C)C)O[Si](C)(C)C. The zero-order valence-corrected chi connectivity index (χ0v) is 25.2. The van der Waals surface area contributed by atoms with Gasteiger partial charge in [0, 0.05) is 18.0 Å². The predicted molar refractivity (Wildman–Crippen MR) is 132 cm³/mol. The second kappa shape index (κ2) is 11.4. The summed E-state index contributed by atoms with van der Waals surface area (Å²) in [6.45, 7) is 24.0. The molecule has 0 aliphatic heterocycles. The Hall–Kier alpha value is -0.772. The third kappa shape index (κ3) is 12.7. The zero-order valence-electron chi connectivity index (χ0n) is 21.2. The van der Waals surface area contributed by atoms with Gasteiger partial charge in [-0.1, -0.05) is 13.0 Å². The van der Waals surface area contributed by atoms with E-state index >= 15 is 0 Å². The van der Waals surface area contributed by atoms with Gasteiger partial charge in [0.1, 0.15) is 0 Å². The molecular weight excluding hydrogens is 469 g/mol. The Kier molecular flexibility index (Phi) is 11.1. The molecule has 2 unspecified atom stereocenters. The molecule has 0 radical (unpaired) electrons. The monoisotopic (exact) mass is 510 g/mol. The van der Waals surface area contributed by atoms with E-state index in [1.807, 2.05) is 13.0 Å². The number of allylic oxidation sites excluding steroid dienone is 1. The summed E-state index contributed by atoms with van der Waals surface area (Å²) < 4.78 is 29.8. The first-order valence-electron chi connectivity index (χ1n) is 10.6. The van der Waals surface area contributed by atoms with E-state index < -0.39 is 52.2 Å². The van der Waals surface area contributed by atoms with Gasteiger partial charge in [-0.15, -0.1) is 0 Å². The third-order valence-corrected chi connectivity index (χ3v) is 15.8. The van der Waals surface area contributed by atoms with E-state index in [-0.39, 0.29) is 5.54 Å². The number of carboxylic acid groups (broad SMARTS) is 1. The zero-order chi connectivity index (χ0) is 24.8. The standard InChI is InChI=1S/C19H42O8Si4/c1-13-17(14-15(2)18(20)23-16(3)24-19(21)22)31(25-28(4,5)6,26-29(7,8)9)27-30(10,11)12/h14,16-17H,13H2,1-12H3,(H,21,22). The van der Waals surface area contributed by atoms with E-state index in [2.05, 4.69) is 63.7 Å². The Labute approximate surface area is 192 Å². The van der Waals surface area contributed by atoms with Crippen LogP contribution in [-0.2, 0) is 26.6 Å².